The molecule has 0 radical (unpaired) electrons. The second kappa shape index (κ2) is 14.7. The monoisotopic (exact) mass is 638 g/mol. The molecule has 4 unspecified atom stereocenters. The number of nitrogens with zero attached hydrogens (tertiary/aromatic N) is 4. The van der Waals surface area contributed by atoms with E-state index in [9.17, 15) is 0 Å². The van der Waals surface area contributed by atoms with Gasteiger partial charge in [0.05, 0.1) is 47.1 Å². The summed E-state index contributed by atoms with van der Waals surface area (Å²) in [6.07, 6.45) is 14.6. The molecule has 0 saturated carbocycles. The first-order valence-corrected chi connectivity index (χ1v) is 15.4. The zero-order valence-corrected chi connectivity index (χ0v) is 25.4. The quantitative estimate of drug-likeness (QED) is 0.0780. The Hall–Kier alpha value is -1.84. The summed E-state index contributed by atoms with van der Waals surface area (Å²) in [6, 6.07) is 10.9. The van der Waals surface area contributed by atoms with Crippen LogP contribution < -0.4 is 0 Å². The average Bonchev–Trinajstić information content (AvgIpc) is 3.63. The van der Waals surface area contributed by atoms with Gasteiger partial charge in [-0.15, -0.1) is 36.7 Å². The molecule has 4 aromatic rings. The minimum absolute atomic E-state index is 0.0835. The predicted octanol–water partition coefficient (Wildman–Crippen LogP) is 9.73. The average molecular weight is 640 g/mol. The number of hydrogen-bond acceptors (Lipinski definition) is 5. The number of thioether (sulfide) groups is 2. The summed E-state index contributed by atoms with van der Waals surface area (Å²) in [7, 11) is 0. The van der Waals surface area contributed by atoms with Gasteiger partial charge in [-0.05, 0) is 35.4 Å². The fourth-order valence-electron chi connectivity index (χ4n) is 4.18. The van der Waals surface area contributed by atoms with Gasteiger partial charge in [0, 0.05) is 44.9 Å². The molecule has 4 atom stereocenters. The van der Waals surface area contributed by atoms with Crippen molar-refractivity contribution in [2.24, 2.45) is 0 Å². The molecule has 0 spiro atoms. The van der Waals surface area contributed by atoms with Gasteiger partial charge < -0.3 is 13.9 Å². The van der Waals surface area contributed by atoms with Gasteiger partial charge in [-0.3, -0.25) is 0 Å². The Morgan fingerprint density at radius 1 is 0.744 bits per heavy atom. The summed E-state index contributed by atoms with van der Waals surface area (Å²) in [5.41, 5.74) is 1.89. The van der Waals surface area contributed by atoms with E-state index in [1.807, 2.05) is 57.9 Å². The molecule has 0 fully saturated rings. The zero-order valence-electron chi connectivity index (χ0n) is 20.7. The highest BCUT2D eigenvalue weighted by Gasteiger charge is 2.27. The van der Waals surface area contributed by atoms with Crippen LogP contribution in [0.3, 0.4) is 0 Å². The third-order valence-electron chi connectivity index (χ3n) is 6.04. The molecule has 5 nitrogen and oxygen atoms in total. The van der Waals surface area contributed by atoms with E-state index in [4.69, 9.17) is 51.1 Å². The van der Waals surface area contributed by atoms with Crippen molar-refractivity contribution in [2.45, 2.75) is 22.6 Å². The Kier molecular flexibility index (Phi) is 11.3. The number of rotatable bonds is 14. The number of allylic oxidation sites excluding steroid dienone is 2. The molecule has 2 aromatic heterocycles. The van der Waals surface area contributed by atoms with E-state index in [-0.39, 0.29) is 22.6 Å². The number of imidazole rings is 2. The first-order valence-electron chi connectivity index (χ1n) is 11.8. The second-order valence-electron chi connectivity index (χ2n) is 8.42. The Labute approximate surface area is 257 Å². The summed E-state index contributed by atoms with van der Waals surface area (Å²) >= 11 is 28.8. The maximum Gasteiger partial charge on any atom is 0.0951 e. The molecule has 0 bridgehead atoms. The summed E-state index contributed by atoms with van der Waals surface area (Å²) in [5.74, 6) is 0.834. The van der Waals surface area contributed by atoms with Crippen LogP contribution in [-0.2, 0) is 4.74 Å². The van der Waals surface area contributed by atoms with Crippen LogP contribution >= 0.6 is 69.9 Å². The van der Waals surface area contributed by atoms with Gasteiger partial charge in [0.25, 0.3) is 0 Å². The van der Waals surface area contributed by atoms with E-state index < -0.39 is 0 Å². The number of benzene rings is 2. The number of halogens is 4. The van der Waals surface area contributed by atoms with Crippen molar-refractivity contribution < 1.29 is 4.74 Å². The summed E-state index contributed by atoms with van der Waals surface area (Å²) in [5, 5.41) is 2.18. The van der Waals surface area contributed by atoms with Crippen LogP contribution in [0.1, 0.15) is 33.7 Å². The van der Waals surface area contributed by atoms with E-state index in [2.05, 4.69) is 23.1 Å². The van der Waals surface area contributed by atoms with Gasteiger partial charge in [-0.1, -0.05) is 70.7 Å². The lowest BCUT2D eigenvalue weighted by atomic mass is 10.0. The maximum absolute atomic E-state index is 6.62. The van der Waals surface area contributed by atoms with Crippen molar-refractivity contribution in [2.75, 3.05) is 11.9 Å². The first kappa shape index (κ1) is 30.1. The van der Waals surface area contributed by atoms with Gasteiger partial charge in [0.2, 0.25) is 0 Å². The molecule has 0 saturated heterocycles. The lowest BCUT2D eigenvalue weighted by Gasteiger charge is -2.28. The van der Waals surface area contributed by atoms with Crippen LogP contribution in [0.5, 0.6) is 0 Å². The Bertz CT molecular complexity index is 1260. The van der Waals surface area contributed by atoms with E-state index in [1.165, 1.54) is 0 Å². The third-order valence-corrected chi connectivity index (χ3v) is 9.56. The number of hydrogen-bond donors (Lipinski definition) is 0. The largest absolute Gasteiger partial charge is 0.360 e. The van der Waals surface area contributed by atoms with Crippen molar-refractivity contribution in [3.05, 3.63) is 130 Å². The molecular weight excluding hydrogens is 614 g/mol. The number of aromatic nitrogens is 4. The fourth-order valence-corrected chi connectivity index (χ4v) is 7.79. The maximum atomic E-state index is 6.62. The smallest absolute Gasteiger partial charge is 0.0951 e. The summed E-state index contributed by atoms with van der Waals surface area (Å²) in [6.45, 7) is 8.13. The Morgan fingerprint density at radius 3 is 1.51 bits per heavy atom. The summed E-state index contributed by atoms with van der Waals surface area (Å²) < 4.78 is 10.2. The molecule has 0 aliphatic rings. The van der Waals surface area contributed by atoms with Gasteiger partial charge in [0.15, 0.2) is 0 Å². The van der Waals surface area contributed by atoms with E-state index in [0.29, 0.717) is 32.0 Å². The van der Waals surface area contributed by atoms with Gasteiger partial charge >= 0.3 is 0 Å². The fraction of sp³-hybridized carbons (Fsp3) is 0.214. The molecule has 0 aliphatic heterocycles. The van der Waals surface area contributed by atoms with E-state index >= 15 is 0 Å². The third kappa shape index (κ3) is 7.67. The Balaban J connectivity index is 1.49. The lowest BCUT2D eigenvalue weighted by Crippen LogP contribution is -2.15. The molecule has 2 aromatic carbocycles. The second-order valence-corrected chi connectivity index (χ2v) is 12.3. The van der Waals surface area contributed by atoms with Crippen LogP contribution in [0.4, 0.5) is 0 Å². The van der Waals surface area contributed by atoms with Crippen LogP contribution in [0.2, 0.25) is 20.1 Å². The minimum atomic E-state index is -0.0977. The SMILES string of the molecule is C=CC(C(SCOCSC(c1ccc(Cl)cc1Cl)C(C=C)n1ccnc1)c1ccc(Cl)cc1Cl)n1ccnc1. The molecule has 204 valence electrons. The number of ether oxygens (including phenoxy) is 1. The van der Waals surface area contributed by atoms with Crippen LogP contribution in [0.15, 0.2) is 99.2 Å². The van der Waals surface area contributed by atoms with E-state index in [0.717, 1.165) is 11.1 Å². The van der Waals surface area contributed by atoms with Crippen LogP contribution in [-0.4, -0.2) is 31.0 Å². The normalized spacial score (nSPS) is 14.5. The molecular formula is C28H26Cl4N4OS2. The van der Waals surface area contributed by atoms with Gasteiger partial charge in [-0.25, -0.2) is 9.97 Å². The van der Waals surface area contributed by atoms with Crippen molar-refractivity contribution in [1.29, 1.82) is 0 Å². The standard InChI is InChI=1S/C28H26Cl4N4OS2/c1-3-25(35-11-9-33-15-35)27(21-7-5-19(29)13-23(21)31)38-17-37-18-39-28(22-8-6-20(30)14-24(22)32)26(4-2)36-12-10-34-16-36/h3-16,25-28H,1-2,17-18H2. The molecule has 0 N–H and O–H groups in total. The molecule has 0 aliphatic carbocycles. The van der Waals surface area contributed by atoms with Gasteiger partial charge in [-0.2, -0.15) is 0 Å². The molecule has 0 amide bonds. The molecule has 4 rings (SSSR count). The van der Waals surface area contributed by atoms with Crippen molar-refractivity contribution in [3.8, 4) is 0 Å². The molecule has 39 heavy (non-hydrogen) atoms. The predicted molar refractivity (Wildman–Crippen MR) is 167 cm³/mol. The van der Waals surface area contributed by atoms with Crippen LogP contribution in [0.25, 0.3) is 0 Å². The molecule has 2 heterocycles. The van der Waals surface area contributed by atoms with E-state index in [1.54, 1.807) is 60.7 Å². The molecule has 11 heteroatoms. The zero-order chi connectivity index (χ0) is 27.8. The highest BCUT2D eigenvalue weighted by Crippen LogP contribution is 2.45. The first-order chi connectivity index (χ1) is 18.9. The van der Waals surface area contributed by atoms with Crippen molar-refractivity contribution in [1.82, 2.24) is 19.1 Å². The van der Waals surface area contributed by atoms with Crippen molar-refractivity contribution >= 4 is 69.9 Å². The van der Waals surface area contributed by atoms with Gasteiger partial charge in [0.1, 0.15) is 0 Å². The van der Waals surface area contributed by atoms with Crippen molar-refractivity contribution in [3.63, 3.8) is 0 Å². The topological polar surface area (TPSA) is 44.9 Å². The van der Waals surface area contributed by atoms with Crippen LogP contribution in [0, 0.1) is 0 Å². The minimum Gasteiger partial charge on any atom is -0.360 e. The highest BCUT2D eigenvalue weighted by atomic mass is 35.5. The highest BCUT2D eigenvalue weighted by molar-refractivity contribution is 8.00. The summed E-state index contributed by atoms with van der Waals surface area (Å²) in [4.78, 5) is 8.41. The Morgan fingerprint density at radius 2 is 1.18 bits per heavy atom. The lowest BCUT2D eigenvalue weighted by molar-refractivity contribution is 0.239.